The van der Waals surface area contributed by atoms with Crippen molar-refractivity contribution in [3.63, 3.8) is 0 Å². The third kappa shape index (κ3) is 4.78. The van der Waals surface area contributed by atoms with Crippen LogP contribution in [0.4, 0.5) is 10.5 Å². The highest BCUT2D eigenvalue weighted by molar-refractivity contribution is 5.95. The van der Waals surface area contributed by atoms with Crippen molar-refractivity contribution < 1.29 is 14.3 Å². The molecule has 0 atom stereocenters. The summed E-state index contributed by atoms with van der Waals surface area (Å²) in [5.41, 5.74) is 1.33. The molecule has 27 heavy (non-hydrogen) atoms. The van der Waals surface area contributed by atoms with E-state index in [-0.39, 0.29) is 18.0 Å². The van der Waals surface area contributed by atoms with Gasteiger partial charge in [-0.3, -0.25) is 4.79 Å². The van der Waals surface area contributed by atoms with Gasteiger partial charge in [-0.15, -0.1) is 0 Å². The summed E-state index contributed by atoms with van der Waals surface area (Å²) in [5, 5.41) is 5.94. The monoisotopic (exact) mass is 372 g/mol. The van der Waals surface area contributed by atoms with Gasteiger partial charge in [0, 0.05) is 49.5 Å². The molecule has 2 heterocycles. The predicted molar refractivity (Wildman–Crippen MR) is 103 cm³/mol. The van der Waals surface area contributed by atoms with Gasteiger partial charge in [0.1, 0.15) is 0 Å². The van der Waals surface area contributed by atoms with Crippen LogP contribution >= 0.6 is 0 Å². The maximum absolute atomic E-state index is 12.4. The smallest absolute Gasteiger partial charge is 0.319 e. The fraction of sp³-hybridized carbons (Fsp3) is 0.600. The molecule has 2 N–H and O–H groups in total. The van der Waals surface area contributed by atoms with Crippen molar-refractivity contribution in [2.75, 3.05) is 44.7 Å². The first-order valence-electron chi connectivity index (χ1n) is 9.98. The summed E-state index contributed by atoms with van der Waals surface area (Å²) in [4.78, 5) is 29.0. The van der Waals surface area contributed by atoms with Gasteiger partial charge in [-0.25, -0.2) is 4.79 Å². The number of likely N-dealkylation sites (tertiary alicyclic amines) is 1. The molecule has 146 valence electrons. The molecule has 0 aromatic heterocycles. The minimum absolute atomic E-state index is 0.0109. The highest BCUT2D eigenvalue weighted by Crippen LogP contribution is 2.29. The Labute approximate surface area is 160 Å². The van der Waals surface area contributed by atoms with E-state index in [2.05, 4.69) is 15.5 Å². The molecule has 2 aliphatic heterocycles. The van der Waals surface area contributed by atoms with Crippen molar-refractivity contribution in [3.05, 3.63) is 29.8 Å². The van der Waals surface area contributed by atoms with E-state index in [4.69, 9.17) is 4.74 Å². The van der Waals surface area contributed by atoms with Crippen molar-refractivity contribution in [1.29, 1.82) is 0 Å². The first-order valence-corrected chi connectivity index (χ1v) is 9.98. The van der Waals surface area contributed by atoms with E-state index < -0.39 is 0 Å². The summed E-state index contributed by atoms with van der Waals surface area (Å²) >= 11 is 0. The lowest BCUT2D eigenvalue weighted by Crippen LogP contribution is -2.46. The Bertz CT molecular complexity index is 660. The fourth-order valence-electron chi connectivity index (χ4n) is 3.85. The molecule has 7 heteroatoms. The van der Waals surface area contributed by atoms with Crippen LogP contribution in [0.2, 0.25) is 0 Å². The minimum atomic E-state index is -0.174. The maximum Gasteiger partial charge on any atom is 0.319 e. The number of anilines is 1. The average Bonchev–Trinajstić information content (AvgIpc) is 3.55. The second kappa shape index (κ2) is 8.27. The van der Waals surface area contributed by atoms with Gasteiger partial charge in [-0.2, -0.15) is 0 Å². The zero-order valence-corrected chi connectivity index (χ0v) is 15.7. The molecule has 3 fully saturated rings. The topological polar surface area (TPSA) is 73.9 Å². The van der Waals surface area contributed by atoms with Crippen molar-refractivity contribution in [1.82, 2.24) is 15.1 Å². The Morgan fingerprint density at radius 1 is 0.926 bits per heavy atom. The van der Waals surface area contributed by atoms with Gasteiger partial charge in [0.15, 0.2) is 0 Å². The van der Waals surface area contributed by atoms with Crippen molar-refractivity contribution in [3.8, 4) is 0 Å². The second-order valence-electron chi connectivity index (χ2n) is 7.62. The molecule has 0 spiro atoms. The van der Waals surface area contributed by atoms with Crippen LogP contribution in [0.5, 0.6) is 0 Å². The Morgan fingerprint density at radius 2 is 1.59 bits per heavy atom. The van der Waals surface area contributed by atoms with Crippen LogP contribution in [-0.2, 0) is 4.74 Å². The van der Waals surface area contributed by atoms with Crippen molar-refractivity contribution in [2.24, 2.45) is 0 Å². The number of nitrogens with zero attached hydrogens (tertiary/aromatic N) is 2. The van der Waals surface area contributed by atoms with Gasteiger partial charge in [0.05, 0.1) is 13.2 Å². The number of hydrogen-bond acceptors (Lipinski definition) is 4. The van der Waals surface area contributed by atoms with E-state index in [1.165, 1.54) is 12.8 Å². The Balaban J connectivity index is 1.24. The molecular formula is C20H28N4O3. The minimum Gasteiger partial charge on any atom is -0.378 e. The lowest BCUT2D eigenvalue weighted by Gasteiger charge is -2.32. The lowest BCUT2D eigenvalue weighted by atomic mass is 10.1. The summed E-state index contributed by atoms with van der Waals surface area (Å²) in [6.07, 6.45) is 4.69. The van der Waals surface area contributed by atoms with Crippen LogP contribution in [0.25, 0.3) is 0 Å². The standard InChI is InChI=1S/C20H28N4O3/c25-19(24-11-13-27-14-12-24)15-1-3-16(4-2-15)21-20(26)22-17-7-9-23(10-8-17)18-5-6-18/h1-4,17-18H,5-14H2,(H2,21,22,26). The van der Waals surface area contributed by atoms with E-state index in [9.17, 15) is 9.59 Å². The molecule has 2 saturated heterocycles. The molecule has 1 aliphatic carbocycles. The number of carbonyl (C=O) groups is 2. The van der Waals surface area contributed by atoms with E-state index in [0.29, 0.717) is 37.6 Å². The van der Waals surface area contributed by atoms with Gasteiger partial charge in [0.25, 0.3) is 5.91 Å². The number of amides is 3. The third-order valence-electron chi connectivity index (χ3n) is 5.62. The van der Waals surface area contributed by atoms with E-state index in [1.807, 2.05) is 0 Å². The number of urea groups is 1. The number of ether oxygens (including phenoxy) is 1. The average molecular weight is 372 g/mol. The zero-order valence-electron chi connectivity index (χ0n) is 15.7. The number of hydrogen-bond donors (Lipinski definition) is 2. The third-order valence-corrected chi connectivity index (χ3v) is 5.62. The summed E-state index contributed by atoms with van der Waals surface area (Å²) in [6, 6.07) is 7.96. The summed E-state index contributed by atoms with van der Waals surface area (Å²) in [6.45, 7) is 4.58. The SMILES string of the molecule is O=C(Nc1ccc(C(=O)N2CCOCC2)cc1)NC1CCN(C2CC2)CC1. The maximum atomic E-state index is 12.4. The summed E-state index contributed by atoms with van der Waals surface area (Å²) in [7, 11) is 0. The van der Waals surface area contributed by atoms with E-state index >= 15 is 0 Å². The highest BCUT2D eigenvalue weighted by Gasteiger charge is 2.32. The first-order chi connectivity index (χ1) is 13.2. The molecular weight excluding hydrogens is 344 g/mol. The van der Waals surface area contributed by atoms with Gasteiger partial charge >= 0.3 is 6.03 Å². The number of nitrogens with one attached hydrogen (secondary N) is 2. The molecule has 1 aromatic rings. The van der Waals surface area contributed by atoms with Crippen LogP contribution in [0.3, 0.4) is 0 Å². The number of morpholine rings is 1. The largest absolute Gasteiger partial charge is 0.378 e. The quantitative estimate of drug-likeness (QED) is 0.847. The summed E-state index contributed by atoms with van der Waals surface area (Å²) < 4.78 is 5.28. The molecule has 1 saturated carbocycles. The van der Waals surface area contributed by atoms with Crippen LogP contribution in [0.1, 0.15) is 36.0 Å². The lowest BCUT2D eigenvalue weighted by molar-refractivity contribution is 0.0303. The molecule has 3 aliphatic rings. The number of rotatable bonds is 4. The molecule has 0 bridgehead atoms. The van der Waals surface area contributed by atoms with Gasteiger partial charge in [-0.1, -0.05) is 0 Å². The van der Waals surface area contributed by atoms with Crippen molar-refractivity contribution >= 4 is 17.6 Å². The molecule has 7 nitrogen and oxygen atoms in total. The van der Waals surface area contributed by atoms with Crippen LogP contribution < -0.4 is 10.6 Å². The predicted octanol–water partition coefficient (Wildman–Crippen LogP) is 1.91. The van der Waals surface area contributed by atoms with Crippen LogP contribution in [-0.4, -0.2) is 73.2 Å². The van der Waals surface area contributed by atoms with Gasteiger partial charge in [-0.05, 0) is 49.9 Å². The Morgan fingerprint density at radius 3 is 2.22 bits per heavy atom. The molecule has 0 radical (unpaired) electrons. The number of carbonyl (C=O) groups excluding carboxylic acids is 2. The Hall–Kier alpha value is -2.12. The van der Waals surface area contributed by atoms with E-state index in [1.54, 1.807) is 29.2 Å². The van der Waals surface area contributed by atoms with Gasteiger partial charge in [0.2, 0.25) is 0 Å². The Kier molecular flexibility index (Phi) is 5.59. The molecule has 4 rings (SSSR count). The summed E-state index contributed by atoms with van der Waals surface area (Å²) in [5.74, 6) is 0.0109. The number of piperidine rings is 1. The van der Waals surface area contributed by atoms with E-state index in [0.717, 1.165) is 32.0 Å². The zero-order chi connectivity index (χ0) is 18.6. The highest BCUT2D eigenvalue weighted by atomic mass is 16.5. The molecule has 3 amide bonds. The van der Waals surface area contributed by atoms with Crippen molar-refractivity contribution in [2.45, 2.75) is 37.8 Å². The first kappa shape index (κ1) is 18.3. The van der Waals surface area contributed by atoms with Crippen LogP contribution in [0, 0.1) is 0 Å². The fourth-order valence-corrected chi connectivity index (χ4v) is 3.85. The van der Waals surface area contributed by atoms with Gasteiger partial charge < -0.3 is 25.2 Å². The second-order valence-corrected chi connectivity index (χ2v) is 7.62. The van der Waals surface area contributed by atoms with Crippen LogP contribution in [0.15, 0.2) is 24.3 Å². The molecule has 0 unspecified atom stereocenters. The molecule has 1 aromatic carbocycles. The number of benzene rings is 1. The normalized spacial score (nSPS) is 21.7.